The van der Waals surface area contributed by atoms with Gasteiger partial charge < -0.3 is 10.3 Å². The number of nitrogens with two attached hydrogens (primary N) is 1. The van der Waals surface area contributed by atoms with E-state index in [1.165, 1.54) is 6.07 Å². The summed E-state index contributed by atoms with van der Waals surface area (Å²) in [5.74, 6) is 0.315. The number of halogens is 2. The van der Waals surface area contributed by atoms with Gasteiger partial charge in [0.15, 0.2) is 0 Å². The molecule has 0 unspecified atom stereocenters. The standard InChI is InChI=1S/C15H13ClFN3/c1-20-14-5-2-9(8-18)6-13(14)19-15(20)10-3-4-12(17)11(16)7-10/h2-7H,8,18H2,1H3. The fourth-order valence-corrected chi connectivity index (χ4v) is 2.45. The Hall–Kier alpha value is -1.91. The van der Waals surface area contributed by atoms with Gasteiger partial charge >= 0.3 is 0 Å². The maximum Gasteiger partial charge on any atom is 0.141 e. The zero-order valence-electron chi connectivity index (χ0n) is 10.9. The molecule has 0 aliphatic rings. The second kappa shape index (κ2) is 4.89. The van der Waals surface area contributed by atoms with Crippen molar-refractivity contribution in [2.75, 3.05) is 0 Å². The van der Waals surface area contributed by atoms with Crippen molar-refractivity contribution >= 4 is 22.6 Å². The molecule has 0 radical (unpaired) electrons. The minimum Gasteiger partial charge on any atom is -0.327 e. The molecule has 3 nitrogen and oxygen atoms in total. The molecule has 102 valence electrons. The number of imidazole rings is 1. The number of hydrogen-bond acceptors (Lipinski definition) is 2. The third kappa shape index (κ3) is 2.07. The Balaban J connectivity index is 2.20. The third-order valence-corrected chi connectivity index (χ3v) is 3.65. The van der Waals surface area contributed by atoms with Crippen LogP contribution in [-0.2, 0) is 13.6 Å². The van der Waals surface area contributed by atoms with Crippen LogP contribution in [0.1, 0.15) is 5.56 Å². The van der Waals surface area contributed by atoms with Gasteiger partial charge in [-0.1, -0.05) is 17.7 Å². The Morgan fingerprint density at radius 3 is 2.75 bits per heavy atom. The number of nitrogens with zero attached hydrogens (tertiary/aromatic N) is 2. The van der Waals surface area contributed by atoms with Crippen LogP contribution in [0.15, 0.2) is 36.4 Å². The van der Waals surface area contributed by atoms with E-state index in [2.05, 4.69) is 4.98 Å². The van der Waals surface area contributed by atoms with E-state index in [-0.39, 0.29) is 5.02 Å². The van der Waals surface area contributed by atoms with Crippen molar-refractivity contribution in [1.82, 2.24) is 9.55 Å². The lowest BCUT2D eigenvalue weighted by Gasteiger charge is -2.03. The van der Waals surface area contributed by atoms with Gasteiger partial charge in [-0.05, 0) is 35.9 Å². The van der Waals surface area contributed by atoms with Gasteiger partial charge in [0.05, 0.1) is 16.1 Å². The van der Waals surface area contributed by atoms with E-state index in [4.69, 9.17) is 17.3 Å². The van der Waals surface area contributed by atoms with Gasteiger partial charge in [0.25, 0.3) is 0 Å². The van der Waals surface area contributed by atoms with Crippen LogP contribution in [0.5, 0.6) is 0 Å². The first-order valence-electron chi connectivity index (χ1n) is 6.21. The SMILES string of the molecule is Cn1c(-c2ccc(F)c(Cl)c2)nc2cc(CN)ccc21. The number of fused-ring (bicyclic) bond motifs is 1. The fourth-order valence-electron chi connectivity index (χ4n) is 2.27. The first-order valence-corrected chi connectivity index (χ1v) is 6.59. The lowest BCUT2D eigenvalue weighted by Crippen LogP contribution is -1.95. The van der Waals surface area contributed by atoms with Crippen molar-refractivity contribution in [3.63, 3.8) is 0 Å². The van der Waals surface area contributed by atoms with E-state index in [1.807, 2.05) is 29.8 Å². The molecule has 0 saturated carbocycles. The van der Waals surface area contributed by atoms with E-state index >= 15 is 0 Å². The summed E-state index contributed by atoms with van der Waals surface area (Å²) in [5.41, 5.74) is 9.31. The molecular formula is C15H13ClFN3. The van der Waals surface area contributed by atoms with Crippen molar-refractivity contribution < 1.29 is 4.39 Å². The third-order valence-electron chi connectivity index (χ3n) is 3.36. The Labute approximate surface area is 120 Å². The molecular weight excluding hydrogens is 277 g/mol. The molecule has 1 aromatic heterocycles. The highest BCUT2D eigenvalue weighted by Gasteiger charge is 2.11. The topological polar surface area (TPSA) is 43.8 Å². The summed E-state index contributed by atoms with van der Waals surface area (Å²) in [6.45, 7) is 0.476. The Kier molecular flexibility index (Phi) is 3.20. The van der Waals surface area contributed by atoms with Crippen LogP contribution >= 0.6 is 11.6 Å². The molecule has 2 aromatic carbocycles. The molecule has 3 aromatic rings. The van der Waals surface area contributed by atoms with Gasteiger partial charge in [0.1, 0.15) is 11.6 Å². The second-order valence-corrected chi connectivity index (χ2v) is 5.06. The highest BCUT2D eigenvalue weighted by Crippen LogP contribution is 2.27. The van der Waals surface area contributed by atoms with Gasteiger partial charge in [-0.3, -0.25) is 0 Å². The predicted octanol–water partition coefficient (Wildman–Crippen LogP) is 3.49. The van der Waals surface area contributed by atoms with Crippen molar-refractivity contribution in [1.29, 1.82) is 0 Å². The van der Waals surface area contributed by atoms with E-state index in [9.17, 15) is 4.39 Å². The molecule has 20 heavy (non-hydrogen) atoms. The molecule has 0 fully saturated rings. The van der Waals surface area contributed by atoms with Gasteiger partial charge in [-0.25, -0.2) is 9.37 Å². The maximum atomic E-state index is 13.2. The van der Waals surface area contributed by atoms with Crippen LogP contribution in [-0.4, -0.2) is 9.55 Å². The van der Waals surface area contributed by atoms with Gasteiger partial charge in [0, 0.05) is 19.2 Å². The van der Waals surface area contributed by atoms with Crippen LogP contribution in [0.3, 0.4) is 0 Å². The Morgan fingerprint density at radius 2 is 2.05 bits per heavy atom. The molecule has 0 amide bonds. The van der Waals surface area contributed by atoms with Crippen LogP contribution < -0.4 is 5.73 Å². The number of rotatable bonds is 2. The molecule has 0 aliphatic heterocycles. The fraction of sp³-hybridized carbons (Fsp3) is 0.133. The molecule has 1 heterocycles. The largest absolute Gasteiger partial charge is 0.327 e. The van der Waals surface area contributed by atoms with Gasteiger partial charge in [0.2, 0.25) is 0 Å². The van der Waals surface area contributed by atoms with Crippen LogP contribution in [0.4, 0.5) is 4.39 Å². The zero-order valence-corrected chi connectivity index (χ0v) is 11.7. The molecule has 2 N–H and O–H groups in total. The average Bonchev–Trinajstić information content (AvgIpc) is 2.78. The van der Waals surface area contributed by atoms with Crippen LogP contribution in [0.2, 0.25) is 5.02 Å². The average molecular weight is 290 g/mol. The van der Waals surface area contributed by atoms with Crippen molar-refractivity contribution in [3.8, 4) is 11.4 Å². The monoisotopic (exact) mass is 289 g/mol. The van der Waals surface area contributed by atoms with Crippen LogP contribution in [0, 0.1) is 5.82 Å². The Morgan fingerprint density at radius 1 is 1.25 bits per heavy atom. The molecule has 3 rings (SSSR count). The first kappa shape index (κ1) is 13.1. The molecule has 0 saturated heterocycles. The summed E-state index contributed by atoms with van der Waals surface area (Å²) in [6.07, 6.45) is 0. The predicted molar refractivity (Wildman–Crippen MR) is 79.0 cm³/mol. The highest BCUT2D eigenvalue weighted by molar-refractivity contribution is 6.31. The lowest BCUT2D eigenvalue weighted by atomic mass is 10.2. The van der Waals surface area contributed by atoms with Gasteiger partial charge in [-0.15, -0.1) is 0 Å². The molecule has 0 spiro atoms. The number of benzene rings is 2. The molecule has 5 heteroatoms. The van der Waals surface area contributed by atoms with Crippen molar-refractivity contribution in [2.24, 2.45) is 12.8 Å². The van der Waals surface area contributed by atoms with E-state index in [0.29, 0.717) is 6.54 Å². The molecule has 0 aliphatic carbocycles. The van der Waals surface area contributed by atoms with E-state index < -0.39 is 5.82 Å². The van der Waals surface area contributed by atoms with Crippen LogP contribution in [0.25, 0.3) is 22.4 Å². The van der Waals surface area contributed by atoms with E-state index in [0.717, 1.165) is 28.0 Å². The highest BCUT2D eigenvalue weighted by atomic mass is 35.5. The Bertz CT molecular complexity index is 795. The molecule has 0 bridgehead atoms. The number of hydrogen-bond donors (Lipinski definition) is 1. The summed E-state index contributed by atoms with van der Waals surface area (Å²) < 4.78 is 15.2. The molecule has 0 atom stereocenters. The smallest absolute Gasteiger partial charge is 0.141 e. The summed E-state index contributed by atoms with van der Waals surface area (Å²) >= 11 is 5.83. The minimum absolute atomic E-state index is 0.0946. The van der Waals surface area contributed by atoms with E-state index in [1.54, 1.807) is 12.1 Å². The zero-order chi connectivity index (χ0) is 14.3. The maximum absolute atomic E-state index is 13.2. The lowest BCUT2D eigenvalue weighted by molar-refractivity contribution is 0.628. The quantitative estimate of drug-likeness (QED) is 0.785. The van der Waals surface area contributed by atoms with Crippen molar-refractivity contribution in [3.05, 3.63) is 52.8 Å². The van der Waals surface area contributed by atoms with Crippen molar-refractivity contribution in [2.45, 2.75) is 6.54 Å². The van der Waals surface area contributed by atoms with Gasteiger partial charge in [-0.2, -0.15) is 0 Å². The minimum atomic E-state index is -0.431. The number of aromatic nitrogens is 2. The summed E-state index contributed by atoms with van der Waals surface area (Å²) in [5, 5.41) is 0.0946. The number of aryl methyl sites for hydroxylation is 1. The summed E-state index contributed by atoms with van der Waals surface area (Å²) in [6, 6.07) is 10.5. The summed E-state index contributed by atoms with van der Waals surface area (Å²) in [7, 11) is 1.92. The second-order valence-electron chi connectivity index (χ2n) is 4.65. The first-order chi connectivity index (χ1) is 9.60. The summed E-state index contributed by atoms with van der Waals surface area (Å²) in [4.78, 5) is 4.59. The normalized spacial score (nSPS) is 11.2.